The molecule has 1 saturated heterocycles. The van der Waals surface area contributed by atoms with Crippen molar-refractivity contribution in [2.45, 2.75) is 52.4 Å². The molecule has 0 saturated carbocycles. The van der Waals surface area contributed by atoms with Crippen molar-refractivity contribution in [1.29, 1.82) is 0 Å². The molecule has 0 bridgehead atoms. The molecule has 0 amide bonds. The Morgan fingerprint density at radius 2 is 1.68 bits per heavy atom. The number of rotatable bonds is 2. The minimum absolute atomic E-state index is 0.174. The van der Waals surface area contributed by atoms with Crippen molar-refractivity contribution in [1.82, 2.24) is 0 Å². The van der Waals surface area contributed by atoms with Crippen LogP contribution in [-0.4, -0.2) is 23.4 Å². The van der Waals surface area contributed by atoms with Crippen LogP contribution in [0.15, 0.2) is 12.1 Å². The van der Waals surface area contributed by atoms with Gasteiger partial charge in [0.15, 0.2) is 0 Å². The lowest BCUT2D eigenvalue weighted by Gasteiger charge is -2.32. The zero-order valence-corrected chi connectivity index (χ0v) is 12.1. The Balaban J connectivity index is 2.38. The molecular weight excluding hydrogens is 246 g/mol. The molecule has 0 unspecified atom stereocenters. The lowest BCUT2D eigenvalue weighted by atomic mass is 9.77. The van der Waals surface area contributed by atoms with Crippen molar-refractivity contribution in [3.05, 3.63) is 29.1 Å². The molecule has 0 aliphatic carbocycles. The van der Waals surface area contributed by atoms with Gasteiger partial charge in [0.25, 0.3) is 0 Å². The van der Waals surface area contributed by atoms with Crippen molar-refractivity contribution < 1.29 is 18.8 Å². The van der Waals surface area contributed by atoms with Gasteiger partial charge in [-0.1, -0.05) is 12.1 Å². The van der Waals surface area contributed by atoms with Crippen LogP contribution in [0.1, 0.15) is 38.8 Å². The Kier molecular flexibility index (Phi) is 3.50. The van der Waals surface area contributed by atoms with E-state index in [4.69, 9.17) is 14.4 Å². The highest BCUT2D eigenvalue weighted by molar-refractivity contribution is 6.62. The first kappa shape index (κ1) is 14.5. The SMILES string of the molecule is Cc1c(CO)ccc(B2OC(C)(C)C(C)(C)O2)c1F. The van der Waals surface area contributed by atoms with Gasteiger partial charge in [0.2, 0.25) is 0 Å². The van der Waals surface area contributed by atoms with Crippen LogP contribution in [-0.2, 0) is 15.9 Å². The van der Waals surface area contributed by atoms with Crippen LogP contribution in [0, 0.1) is 12.7 Å². The number of aliphatic hydroxyl groups excluding tert-OH is 1. The van der Waals surface area contributed by atoms with Crippen LogP contribution in [0.4, 0.5) is 4.39 Å². The summed E-state index contributed by atoms with van der Waals surface area (Å²) in [5, 5.41) is 9.14. The Morgan fingerprint density at radius 1 is 1.16 bits per heavy atom. The van der Waals surface area contributed by atoms with Gasteiger partial charge < -0.3 is 14.4 Å². The summed E-state index contributed by atoms with van der Waals surface area (Å²) in [5.41, 5.74) is 0.419. The standard InChI is InChI=1S/C14H20BFO3/c1-9-10(8-17)6-7-11(12(9)16)15-18-13(2,3)14(4,5)19-15/h6-7,17H,8H2,1-5H3. The predicted molar refractivity (Wildman–Crippen MR) is 72.8 cm³/mol. The second-order valence-corrected chi connectivity index (χ2v) is 6.00. The number of hydrogen-bond acceptors (Lipinski definition) is 3. The van der Waals surface area contributed by atoms with E-state index >= 15 is 0 Å². The zero-order chi connectivity index (χ0) is 14.4. The van der Waals surface area contributed by atoms with E-state index in [0.717, 1.165) is 0 Å². The second-order valence-electron chi connectivity index (χ2n) is 6.00. The predicted octanol–water partition coefficient (Wildman–Crippen LogP) is 1.93. The van der Waals surface area contributed by atoms with Gasteiger partial charge in [-0.2, -0.15) is 0 Å². The van der Waals surface area contributed by atoms with E-state index in [2.05, 4.69) is 0 Å². The Hall–Kier alpha value is -0.905. The molecular formula is C14H20BFO3. The fraction of sp³-hybridized carbons (Fsp3) is 0.571. The molecule has 1 heterocycles. The first-order valence-corrected chi connectivity index (χ1v) is 6.44. The first-order valence-electron chi connectivity index (χ1n) is 6.44. The summed E-state index contributed by atoms with van der Waals surface area (Å²) < 4.78 is 26.0. The Morgan fingerprint density at radius 3 is 2.16 bits per heavy atom. The van der Waals surface area contributed by atoms with E-state index in [1.807, 2.05) is 27.7 Å². The molecule has 1 fully saturated rings. The maximum atomic E-state index is 14.3. The molecule has 1 aromatic carbocycles. The maximum absolute atomic E-state index is 14.3. The van der Waals surface area contributed by atoms with Gasteiger partial charge in [-0.15, -0.1) is 0 Å². The van der Waals surface area contributed by atoms with Gasteiger partial charge >= 0.3 is 7.12 Å². The fourth-order valence-corrected chi connectivity index (χ4v) is 2.07. The minimum atomic E-state index is -0.712. The summed E-state index contributed by atoms with van der Waals surface area (Å²) in [6.07, 6.45) is 0. The number of halogens is 1. The molecule has 3 nitrogen and oxygen atoms in total. The van der Waals surface area contributed by atoms with Gasteiger partial charge in [0.05, 0.1) is 17.8 Å². The number of aliphatic hydroxyl groups is 1. The highest BCUT2D eigenvalue weighted by atomic mass is 19.1. The highest BCUT2D eigenvalue weighted by Crippen LogP contribution is 2.36. The van der Waals surface area contributed by atoms with Crippen LogP contribution >= 0.6 is 0 Å². The highest BCUT2D eigenvalue weighted by Gasteiger charge is 2.52. The summed E-state index contributed by atoms with van der Waals surface area (Å²) in [6.45, 7) is 9.20. The largest absolute Gasteiger partial charge is 0.497 e. The molecule has 19 heavy (non-hydrogen) atoms. The topological polar surface area (TPSA) is 38.7 Å². The molecule has 5 heteroatoms. The maximum Gasteiger partial charge on any atom is 0.497 e. The summed E-state index contributed by atoms with van der Waals surface area (Å²) in [6, 6.07) is 3.33. The fourth-order valence-electron chi connectivity index (χ4n) is 2.07. The van der Waals surface area contributed by atoms with E-state index in [-0.39, 0.29) is 12.4 Å². The Labute approximate surface area is 113 Å². The molecule has 1 N–H and O–H groups in total. The van der Waals surface area contributed by atoms with E-state index in [0.29, 0.717) is 16.6 Å². The average molecular weight is 266 g/mol. The first-order chi connectivity index (χ1) is 8.69. The lowest BCUT2D eigenvalue weighted by Crippen LogP contribution is -2.41. The van der Waals surface area contributed by atoms with E-state index < -0.39 is 18.3 Å². The summed E-state index contributed by atoms with van der Waals surface area (Å²) >= 11 is 0. The van der Waals surface area contributed by atoms with Crippen molar-refractivity contribution >= 4 is 12.6 Å². The Bertz CT molecular complexity index is 484. The molecule has 0 aromatic heterocycles. The van der Waals surface area contributed by atoms with Gasteiger partial charge in [-0.3, -0.25) is 0 Å². The van der Waals surface area contributed by atoms with Crippen LogP contribution in [0.25, 0.3) is 0 Å². The molecule has 0 atom stereocenters. The van der Waals surface area contributed by atoms with Crippen LogP contribution in [0.2, 0.25) is 0 Å². The van der Waals surface area contributed by atoms with Crippen molar-refractivity contribution in [3.63, 3.8) is 0 Å². The smallest absolute Gasteiger partial charge is 0.399 e. The summed E-state index contributed by atoms with van der Waals surface area (Å²) in [5.74, 6) is -0.370. The summed E-state index contributed by atoms with van der Waals surface area (Å²) in [7, 11) is -0.712. The van der Waals surface area contributed by atoms with E-state index in [9.17, 15) is 4.39 Å². The van der Waals surface area contributed by atoms with Crippen molar-refractivity contribution in [2.24, 2.45) is 0 Å². The molecule has 1 aromatic rings. The van der Waals surface area contributed by atoms with Gasteiger partial charge in [-0.25, -0.2) is 4.39 Å². The van der Waals surface area contributed by atoms with Crippen molar-refractivity contribution in [2.75, 3.05) is 0 Å². The van der Waals surface area contributed by atoms with E-state index in [1.165, 1.54) is 0 Å². The zero-order valence-electron chi connectivity index (χ0n) is 12.1. The lowest BCUT2D eigenvalue weighted by molar-refractivity contribution is 0.00578. The van der Waals surface area contributed by atoms with Gasteiger partial charge in [0.1, 0.15) is 5.82 Å². The van der Waals surface area contributed by atoms with Gasteiger partial charge in [-0.05, 0) is 45.7 Å². The van der Waals surface area contributed by atoms with Crippen molar-refractivity contribution in [3.8, 4) is 0 Å². The molecule has 1 aliphatic heterocycles. The number of benzene rings is 1. The van der Waals surface area contributed by atoms with Crippen LogP contribution in [0.5, 0.6) is 0 Å². The third-order valence-electron chi connectivity index (χ3n) is 4.21. The molecule has 2 rings (SSSR count). The van der Waals surface area contributed by atoms with Crippen LogP contribution < -0.4 is 5.46 Å². The third kappa shape index (κ3) is 2.31. The average Bonchev–Trinajstić information content (AvgIpc) is 2.51. The van der Waals surface area contributed by atoms with Gasteiger partial charge in [0, 0.05) is 5.46 Å². The minimum Gasteiger partial charge on any atom is -0.399 e. The van der Waals surface area contributed by atoms with Crippen LogP contribution in [0.3, 0.4) is 0 Å². The normalized spacial score (nSPS) is 20.9. The third-order valence-corrected chi connectivity index (χ3v) is 4.21. The van der Waals surface area contributed by atoms with E-state index in [1.54, 1.807) is 19.1 Å². The second kappa shape index (κ2) is 4.58. The quantitative estimate of drug-likeness (QED) is 0.831. The summed E-state index contributed by atoms with van der Waals surface area (Å²) in [4.78, 5) is 0. The molecule has 0 radical (unpaired) electrons. The monoisotopic (exact) mass is 266 g/mol. The molecule has 104 valence electrons. The number of hydrogen-bond donors (Lipinski definition) is 1. The molecule has 0 spiro atoms. The molecule has 1 aliphatic rings.